The van der Waals surface area contributed by atoms with Crippen molar-refractivity contribution in [1.29, 1.82) is 0 Å². The Morgan fingerprint density at radius 1 is 1.21 bits per heavy atom. The van der Waals surface area contributed by atoms with Crippen molar-refractivity contribution >= 4 is 23.6 Å². The summed E-state index contributed by atoms with van der Waals surface area (Å²) in [5.74, 6) is -0.449. The van der Waals surface area contributed by atoms with Crippen LogP contribution in [0.3, 0.4) is 0 Å². The van der Waals surface area contributed by atoms with Gasteiger partial charge in [-0.05, 0) is 43.7 Å². The quantitative estimate of drug-likeness (QED) is 0.687. The minimum absolute atomic E-state index is 0.0258. The minimum atomic E-state index is -0.655. The van der Waals surface area contributed by atoms with Gasteiger partial charge >= 0.3 is 12.0 Å². The first kappa shape index (κ1) is 20.7. The van der Waals surface area contributed by atoms with Crippen molar-refractivity contribution in [3.63, 3.8) is 0 Å². The Labute approximate surface area is 172 Å². The molecule has 2 aromatic carbocycles. The molecule has 6 nitrogen and oxygen atoms in total. The van der Waals surface area contributed by atoms with Crippen LogP contribution in [0.2, 0.25) is 5.02 Å². The molecule has 1 unspecified atom stereocenters. The largest absolute Gasteiger partial charge is 0.489 e. The number of carbonyl (C=O) groups excluding carboxylic acids is 2. The second-order valence-electron chi connectivity index (χ2n) is 6.35. The lowest BCUT2D eigenvalue weighted by Gasteiger charge is -2.28. The molecule has 2 N–H and O–H groups in total. The highest BCUT2D eigenvalue weighted by Crippen LogP contribution is 2.29. The molecule has 0 spiro atoms. The van der Waals surface area contributed by atoms with E-state index in [0.29, 0.717) is 27.6 Å². The van der Waals surface area contributed by atoms with Crippen molar-refractivity contribution in [3.05, 3.63) is 75.7 Å². The van der Waals surface area contributed by atoms with Gasteiger partial charge in [-0.2, -0.15) is 0 Å². The molecule has 152 valence electrons. The molecule has 0 aliphatic carbocycles. The highest BCUT2D eigenvalue weighted by molar-refractivity contribution is 6.31. The maximum Gasteiger partial charge on any atom is 0.338 e. The van der Waals surface area contributed by atoms with E-state index in [9.17, 15) is 14.0 Å². The molecule has 0 saturated carbocycles. The van der Waals surface area contributed by atoms with Gasteiger partial charge in [-0.15, -0.1) is 0 Å². The molecule has 0 bridgehead atoms. The standard InChI is InChI=1S/C21H20ClFN2O4/c1-3-28-20(26)18-12(2)24-21(27)25-19(18)13-7-9-14(10-8-13)29-11-15-16(22)5-4-6-17(15)23/h4-10,19H,3,11H2,1-2H3,(H2,24,25,27). The predicted octanol–water partition coefficient (Wildman–Crippen LogP) is 4.25. The Kier molecular flexibility index (Phi) is 6.39. The van der Waals surface area contributed by atoms with Crippen LogP contribution in [0, 0.1) is 5.82 Å². The highest BCUT2D eigenvalue weighted by Gasteiger charge is 2.32. The number of amides is 2. The molecule has 29 heavy (non-hydrogen) atoms. The van der Waals surface area contributed by atoms with E-state index in [4.69, 9.17) is 21.1 Å². The molecule has 1 aliphatic rings. The summed E-state index contributed by atoms with van der Waals surface area (Å²) < 4.78 is 24.6. The molecular weight excluding hydrogens is 399 g/mol. The molecule has 0 aromatic heterocycles. The van der Waals surface area contributed by atoms with Gasteiger partial charge in [0.15, 0.2) is 0 Å². The Balaban J connectivity index is 1.78. The normalized spacial score (nSPS) is 16.1. The number of carbonyl (C=O) groups is 2. The van der Waals surface area contributed by atoms with Gasteiger partial charge in [-0.25, -0.2) is 14.0 Å². The molecule has 3 rings (SSSR count). The van der Waals surface area contributed by atoms with Gasteiger partial charge < -0.3 is 20.1 Å². The zero-order valence-electron chi connectivity index (χ0n) is 15.9. The zero-order chi connectivity index (χ0) is 21.0. The first-order chi connectivity index (χ1) is 13.9. The van der Waals surface area contributed by atoms with Crippen LogP contribution in [0.5, 0.6) is 5.75 Å². The van der Waals surface area contributed by atoms with Crippen LogP contribution < -0.4 is 15.4 Å². The maximum absolute atomic E-state index is 13.9. The molecule has 1 atom stereocenters. The lowest BCUT2D eigenvalue weighted by Crippen LogP contribution is -2.45. The van der Waals surface area contributed by atoms with Crippen LogP contribution in [0.4, 0.5) is 9.18 Å². The highest BCUT2D eigenvalue weighted by atomic mass is 35.5. The topological polar surface area (TPSA) is 76.7 Å². The second kappa shape index (κ2) is 8.96. The summed E-state index contributed by atoms with van der Waals surface area (Å²) in [6, 6.07) is 10.2. The number of nitrogens with one attached hydrogen (secondary N) is 2. The summed E-state index contributed by atoms with van der Waals surface area (Å²) in [6.07, 6.45) is 0. The van der Waals surface area contributed by atoms with E-state index in [1.54, 1.807) is 44.2 Å². The second-order valence-corrected chi connectivity index (χ2v) is 6.76. The van der Waals surface area contributed by atoms with Crippen molar-refractivity contribution in [3.8, 4) is 5.75 Å². The molecule has 2 amide bonds. The van der Waals surface area contributed by atoms with Crippen molar-refractivity contribution in [1.82, 2.24) is 10.6 Å². The van der Waals surface area contributed by atoms with Gasteiger partial charge in [0.25, 0.3) is 0 Å². The molecular formula is C21H20ClFN2O4. The monoisotopic (exact) mass is 418 g/mol. The van der Waals surface area contributed by atoms with E-state index in [2.05, 4.69) is 10.6 Å². The average molecular weight is 419 g/mol. The molecule has 8 heteroatoms. The number of benzene rings is 2. The van der Waals surface area contributed by atoms with Crippen LogP contribution in [0.25, 0.3) is 0 Å². The summed E-state index contributed by atoms with van der Waals surface area (Å²) in [7, 11) is 0. The molecule has 0 fully saturated rings. The van der Waals surface area contributed by atoms with Gasteiger partial charge in [0.05, 0.1) is 23.2 Å². The van der Waals surface area contributed by atoms with Crippen molar-refractivity contribution in [2.24, 2.45) is 0 Å². The summed E-state index contributed by atoms with van der Waals surface area (Å²) in [5.41, 5.74) is 1.72. The third-order valence-corrected chi connectivity index (χ3v) is 4.78. The summed E-state index contributed by atoms with van der Waals surface area (Å²) in [4.78, 5) is 24.2. The van der Waals surface area contributed by atoms with Crippen LogP contribution in [-0.4, -0.2) is 18.6 Å². The van der Waals surface area contributed by atoms with E-state index in [-0.39, 0.29) is 18.8 Å². The van der Waals surface area contributed by atoms with Gasteiger partial charge in [-0.3, -0.25) is 0 Å². The van der Waals surface area contributed by atoms with Gasteiger partial charge in [0.1, 0.15) is 18.2 Å². The fraction of sp³-hybridized carbons (Fsp3) is 0.238. The van der Waals surface area contributed by atoms with E-state index < -0.39 is 23.9 Å². The lowest BCUT2D eigenvalue weighted by molar-refractivity contribution is -0.139. The first-order valence-electron chi connectivity index (χ1n) is 9.01. The molecule has 1 aliphatic heterocycles. The number of ether oxygens (including phenoxy) is 2. The van der Waals surface area contributed by atoms with Crippen LogP contribution in [0.15, 0.2) is 53.7 Å². The SMILES string of the molecule is CCOC(=O)C1=C(C)NC(=O)NC1c1ccc(OCc2c(F)cccc2Cl)cc1. The lowest BCUT2D eigenvalue weighted by atomic mass is 9.95. The Hall–Kier alpha value is -3.06. The van der Waals surface area contributed by atoms with Gasteiger partial charge in [0, 0.05) is 11.3 Å². The summed E-state index contributed by atoms with van der Waals surface area (Å²) in [6.45, 7) is 3.56. The Bertz CT molecular complexity index is 939. The summed E-state index contributed by atoms with van der Waals surface area (Å²) >= 11 is 6.01. The fourth-order valence-corrected chi connectivity index (χ4v) is 3.22. The Morgan fingerprint density at radius 3 is 2.59 bits per heavy atom. The van der Waals surface area contributed by atoms with Crippen molar-refractivity contribution < 1.29 is 23.5 Å². The number of hydrogen-bond acceptors (Lipinski definition) is 4. The third kappa shape index (κ3) is 4.68. The predicted molar refractivity (Wildman–Crippen MR) is 106 cm³/mol. The molecule has 1 heterocycles. The molecule has 0 radical (unpaired) electrons. The fourth-order valence-electron chi connectivity index (χ4n) is 3.01. The van der Waals surface area contributed by atoms with Gasteiger partial charge in [-0.1, -0.05) is 29.8 Å². The number of rotatable bonds is 6. The van der Waals surface area contributed by atoms with Gasteiger partial charge in [0.2, 0.25) is 0 Å². The average Bonchev–Trinajstić information content (AvgIpc) is 2.67. The third-order valence-electron chi connectivity index (χ3n) is 4.42. The summed E-state index contributed by atoms with van der Waals surface area (Å²) in [5, 5.41) is 5.60. The number of urea groups is 1. The van der Waals surface area contributed by atoms with E-state index >= 15 is 0 Å². The number of esters is 1. The smallest absolute Gasteiger partial charge is 0.338 e. The maximum atomic E-state index is 13.9. The van der Waals surface area contributed by atoms with E-state index in [1.807, 2.05) is 0 Å². The van der Waals surface area contributed by atoms with E-state index in [0.717, 1.165) is 0 Å². The van der Waals surface area contributed by atoms with Crippen LogP contribution in [0.1, 0.15) is 31.0 Å². The number of hydrogen-bond donors (Lipinski definition) is 2. The number of halogens is 2. The first-order valence-corrected chi connectivity index (χ1v) is 9.39. The number of allylic oxidation sites excluding steroid dienone is 1. The molecule has 0 saturated heterocycles. The Morgan fingerprint density at radius 2 is 1.93 bits per heavy atom. The van der Waals surface area contributed by atoms with Crippen LogP contribution in [-0.2, 0) is 16.1 Å². The van der Waals surface area contributed by atoms with E-state index in [1.165, 1.54) is 12.1 Å². The van der Waals surface area contributed by atoms with Crippen molar-refractivity contribution in [2.45, 2.75) is 26.5 Å². The zero-order valence-corrected chi connectivity index (χ0v) is 16.7. The van der Waals surface area contributed by atoms with Crippen molar-refractivity contribution in [2.75, 3.05) is 6.61 Å². The minimum Gasteiger partial charge on any atom is -0.489 e. The molecule has 2 aromatic rings. The van der Waals surface area contributed by atoms with Crippen LogP contribution >= 0.6 is 11.6 Å².